The molecule has 1 aromatic rings. The lowest BCUT2D eigenvalue weighted by Crippen LogP contribution is -2.49. The molecule has 1 aromatic carbocycles. The number of aliphatic carboxylic acids is 1. The number of carboxylic acids is 1. The van der Waals surface area contributed by atoms with Gasteiger partial charge < -0.3 is 20.0 Å². The number of carboxylic acid groups (broad SMARTS) is 1. The zero-order valence-corrected chi connectivity index (χ0v) is 13.4. The fraction of sp³-hybridized carbons (Fsp3) is 0.529. The SMILES string of the molecule is COc1ccccc1NC(=O)[C@H]1CC[C@](C)(C(=O)[O-])C1(C)C. The minimum Gasteiger partial charge on any atom is -0.550 e. The quantitative estimate of drug-likeness (QED) is 0.920. The van der Waals surface area contributed by atoms with Crippen molar-refractivity contribution in [2.24, 2.45) is 16.7 Å². The molecule has 1 fully saturated rings. The van der Waals surface area contributed by atoms with Gasteiger partial charge in [0.05, 0.1) is 12.8 Å². The number of hydrogen-bond acceptors (Lipinski definition) is 4. The van der Waals surface area contributed by atoms with Crippen LogP contribution in [0.2, 0.25) is 0 Å². The Labute approximate surface area is 130 Å². The summed E-state index contributed by atoms with van der Waals surface area (Å²) in [4.78, 5) is 24.1. The first-order chi connectivity index (χ1) is 10.2. The maximum absolute atomic E-state index is 12.6. The van der Waals surface area contributed by atoms with Crippen LogP contribution < -0.4 is 15.2 Å². The van der Waals surface area contributed by atoms with Crippen LogP contribution in [-0.2, 0) is 9.59 Å². The van der Waals surface area contributed by atoms with Gasteiger partial charge in [-0.3, -0.25) is 4.79 Å². The molecular weight excluding hydrogens is 282 g/mol. The van der Waals surface area contributed by atoms with Crippen LogP contribution in [0.1, 0.15) is 33.6 Å². The van der Waals surface area contributed by atoms with Crippen molar-refractivity contribution in [2.45, 2.75) is 33.6 Å². The number of methoxy groups -OCH3 is 1. The fourth-order valence-electron chi connectivity index (χ4n) is 3.29. The van der Waals surface area contributed by atoms with Crippen LogP contribution in [0.25, 0.3) is 0 Å². The normalized spacial score (nSPS) is 26.5. The minimum absolute atomic E-state index is 0.181. The Morgan fingerprint density at radius 3 is 2.45 bits per heavy atom. The number of anilines is 1. The Balaban J connectivity index is 2.22. The summed E-state index contributed by atoms with van der Waals surface area (Å²) in [5, 5.41) is 14.4. The zero-order chi connectivity index (χ0) is 16.5. The second-order valence-electron chi connectivity index (χ2n) is 6.62. The van der Waals surface area contributed by atoms with E-state index in [2.05, 4.69) is 5.32 Å². The van der Waals surface area contributed by atoms with Gasteiger partial charge in [-0.1, -0.05) is 32.9 Å². The van der Waals surface area contributed by atoms with Gasteiger partial charge in [0.15, 0.2) is 0 Å². The highest BCUT2D eigenvalue weighted by Gasteiger charge is 2.54. The molecule has 2 atom stereocenters. The molecule has 5 heteroatoms. The minimum atomic E-state index is -1.09. The summed E-state index contributed by atoms with van der Waals surface area (Å²) in [6.45, 7) is 5.31. The van der Waals surface area contributed by atoms with Crippen LogP contribution in [0.3, 0.4) is 0 Å². The Kier molecular flexibility index (Phi) is 4.18. The number of nitrogens with one attached hydrogen (secondary N) is 1. The van der Waals surface area contributed by atoms with Crippen molar-refractivity contribution < 1.29 is 19.4 Å². The van der Waals surface area contributed by atoms with Gasteiger partial charge in [0, 0.05) is 17.3 Å². The molecule has 0 unspecified atom stereocenters. The molecule has 0 spiro atoms. The number of carbonyl (C=O) groups excluding carboxylic acids is 2. The molecule has 1 N–H and O–H groups in total. The maximum atomic E-state index is 12.6. The largest absolute Gasteiger partial charge is 0.550 e. The molecule has 5 nitrogen and oxygen atoms in total. The molecule has 0 aliphatic heterocycles. The average Bonchev–Trinajstić information content (AvgIpc) is 2.71. The fourth-order valence-corrected chi connectivity index (χ4v) is 3.29. The molecule has 0 bridgehead atoms. The van der Waals surface area contributed by atoms with E-state index in [1.807, 2.05) is 26.0 Å². The van der Waals surface area contributed by atoms with Gasteiger partial charge in [-0.15, -0.1) is 0 Å². The molecule has 1 saturated carbocycles. The molecule has 1 aliphatic carbocycles. The predicted octanol–water partition coefficient (Wildman–Crippen LogP) is 1.83. The van der Waals surface area contributed by atoms with E-state index in [1.165, 1.54) is 7.11 Å². The maximum Gasteiger partial charge on any atom is 0.228 e. The van der Waals surface area contributed by atoms with Crippen LogP contribution in [0, 0.1) is 16.7 Å². The first-order valence-corrected chi connectivity index (χ1v) is 7.39. The number of hydrogen-bond donors (Lipinski definition) is 1. The van der Waals surface area contributed by atoms with Gasteiger partial charge in [-0.25, -0.2) is 0 Å². The van der Waals surface area contributed by atoms with Crippen molar-refractivity contribution in [3.63, 3.8) is 0 Å². The van der Waals surface area contributed by atoms with Crippen LogP contribution in [-0.4, -0.2) is 19.0 Å². The van der Waals surface area contributed by atoms with E-state index < -0.39 is 16.8 Å². The van der Waals surface area contributed by atoms with E-state index in [4.69, 9.17) is 4.74 Å². The topological polar surface area (TPSA) is 78.5 Å². The first kappa shape index (κ1) is 16.3. The second kappa shape index (κ2) is 5.63. The summed E-state index contributed by atoms with van der Waals surface area (Å²) in [6, 6.07) is 7.15. The van der Waals surface area contributed by atoms with Crippen molar-refractivity contribution in [1.29, 1.82) is 0 Å². The number of amides is 1. The Morgan fingerprint density at radius 2 is 1.91 bits per heavy atom. The third kappa shape index (κ3) is 2.45. The summed E-state index contributed by atoms with van der Waals surface area (Å²) in [5.41, 5.74) is -1.10. The van der Waals surface area contributed by atoms with Gasteiger partial charge in [0.1, 0.15) is 5.75 Å². The number of carbonyl (C=O) groups is 2. The van der Waals surface area contributed by atoms with Crippen LogP contribution in [0.15, 0.2) is 24.3 Å². The Hall–Kier alpha value is -2.04. The van der Waals surface area contributed by atoms with E-state index in [0.717, 1.165) is 0 Å². The van der Waals surface area contributed by atoms with E-state index in [9.17, 15) is 14.7 Å². The third-order valence-corrected chi connectivity index (χ3v) is 5.36. The number of ether oxygens (including phenoxy) is 1. The number of para-hydroxylation sites is 2. The standard InChI is InChI=1S/C17H23NO4/c1-16(2)11(9-10-17(16,3)15(20)21)14(19)18-12-7-5-6-8-13(12)22-4/h5-8,11H,9-10H2,1-4H3,(H,18,19)(H,20,21)/p-1/t11-,17-/m1/s1. The molecule has 0 heterocycles. The predicted molar refractivity (Wildman–Crippen MR) is 81.2 cm³/mol. The summed E-state index contributed by atoms with van der Waals surface area (Å²) in [7, 11) is 1.54. The van der Waals surface area contributed by atoms with Gasteiger partial charge in [-0.2, -0.15) is 0 Å². The molecular formula is C17H22NO4-. The third-order valence-electron chi connectivity index (χ3n) is 5.36. The summed E-state index contributed by atoms with van der Waals surface area (Å²) >= 11 is 0. The molecule has 0 saturated heterocycles. The van der Waals surface area contributed by atoms with Crippen LogP contribution in [0.4, 0.5) is 5.69 Å². The molecule has 1 amide bonds. The Morgan fingerprint density at radius 1 is 1.27 bits per heavy atom. The summed E-state index contributed by atoms with van der Waals surface area (Å²) < 4.78 is 5.22. The molecule has 0 radical (unpaired) electrons. The average molecular weight is 304 g/mol. The smallest absolute Gasteiger partial charge is 0.228 e. The van der Waals surface area contributed by atoms with Crippen molar-refractivity contribution >= 4 is 17.6 Å². The molecule has 2 rings (SSSR count). The number of benzene rings is 1. The van der Waals surface area contributed by atoms with Gasteiger partial charge in [-0.05, 0) is 30.4 Å². The molecule has 120 valence electrons. The summed E-state index contributed by atoms with van der Waals surface area (Å²) in [5.74, 6) is -1.08. The van der Waals surface area contributed by atoms with Crippen molar-refractivity contribution in [2.75, 3.05) is 12.4 Å². The molecule has 0 aromatic heterocycles. The van der Waals surface area contributed by atoms with Crippen molar-refractivity contribution in [3.05, 3.63) is 24.3 Å². The Bertz CT molecular complexity index is 596. The van der Waals surface area contributed by atoms with E-state index in [0.29, 0.717) is 24.3 Å². The van der Waals surface area contributed by atoms with Crippen molar-refractivity contribution in [1.82, 2.24) is 0 Å². The highest BCUT2D eigenvalue weighted by Crippen LogP contribution is 2.55. The second-order valence-corrected chi connectivity index (χ2v) is 6.62. The van der Waals surface area contributed by atoms with Crippen LogP contribution >= 0.6 is 0 Å². The van der Waals surface area contributed by atoms with E-state index in [-0.39, 0.29) is 11.8 Å². The lowest BCUT2D eigenvalue weighted by atomic mass is 9.65. The van der Waals surface area contributed by atoms with Crippen molar-refractivity contribution in [3.8, 4) is 5.75 Å². The van der Waals surface area contributed by atoms with Gasteiger partial charge >= 0.3 is 0 Å². The monoisotopic (exact) mass is 304 g/mol. The van der Waals surface area contributed by atoms with Gasteiger partial charge in [0.25, 0.3) is 0 Å². The zero-order valence-electron chi connectivity index (χ0n) is 13.4. The lowest BCUT2D eigenvalue weighted by Gasteiger charge is -2.41. The molecule has 22 heavy (non-hydrogen) atoms. The highest BCUT2D eigenvalue weighted by molar-refractivity contribution is 5.95. The number of rotatable bonds is 4. The molecule has 1 aliphatic rings. The first-order valence-electron chi connectivity index (χ1n) is 7.39. The lowest BCUT2D eigenvalue weighted by molar-refractivity contribution is -0.323. The highest BCUT2D eigenvalue weighted by atomic mass is 16.5. The summed E-state index contributed by atoms with van der Waals surface area (Å²) in [6.07, 6.45) is 0.963. The van der Waals surface area contributed by atoms with Gasteiger partial charge in [0.2, 0.25) is 5.91 Å². The van der Waals surface area contributed by atoms with E-state index >= 15 is 0 Å². The van der Waals surface area contributed by atoms with Crippen LogP contribution in [0.5, 0.6) is 5.75 Å². The van der Waals surface area contributed by atoms with E-state index in [1.54, 1.807) is 19.1 Å².